The van der Waals surface area contributed by atoms with E-state index in [0.717, 1.165) is 4.90 Å². The topological polar surface area (TPSA) is 96.0 Å². The molecule has 124 valence electrons. The van der Waals surface area contributed by atoms with Gasteiger partial charge in [0.2, 0.25) is 5.91 Å². The van der Waals surface area contributed by atoms with E-state index in [2.05, 4.69) is 10.2 Å². The highest BCUT2D eigenvalue weighted by molar-refractivity contribution is 6.01. The second-order valence-corrected chi connectivity index (χ2v) is 5.52. The molecule has 0 saturated carbocycles. The molecule has 1 saturated heterocycles. The molecule has 0 aromatic carbocycles. The molecule has 0 radical (unpaired) electrons. The summed E-state index contributed by atoms with van der Waals surface area (Å²) in [4.78, 5) is 52.3. The minimum absolute atomic E-state index is 0.0295. The molecule has 8 heteroatoms. The van der Waals surface area contributed by atoms with Crippen LogP contribution < -0.4 is 5.32 Å². The van der Waals surface area contributed by atoms with Gasteiger partial charge in [-0.05, 0) is 26.4 Å². The average molecular weight is 317 g/mol. The summed E-state index contributed by atoms with van der Waals surface area (Å²) in [6, 6.07) is -0.963. The van der Waals surface area contributed by atoms with E-state index in [1.165, 1.54) is 7.05 Å². The van der Waals surface area contributed by atoms with E-state index >= 15 is 0 Å². The molecule has 1 N–H and O–H groups in total. The van der Waals surface area contributed by atoms with Gasteiger partial charge in [-0.15, -0.1) is 5.06 Å². The molecule has 0 spiro atoms. The molecule has 0 aliphatic carbocycles. The van der Waals surface area contributed by atoms with Crippen LogP contribution in [0.3, 0.4) is 0 Å². The number of amides is 3. The van der Waals surface area contributed by atoms with Gasteiger partial charge in [-0.25, -0.2) is 4.79 Å². The summed E-state index contributed by atoms with van der Waals surface area (Å²) in [5, 5.41) is 2.67. The second kappa shape index (κ2) is 7.88. The lowest BCUT2D eigenvalue weighted by atomic mass is 10.0. The van der Waals surface area contributed by atoms with E-state index in [0.29, 0.717) is 5.06 Å². The fourth-order valence-corrected chi connectivity index (χ4v) is 1.96. The van der Waals surface area contributed by atoms with Crippen molar-refractivity contribution in [2.24, 2.45) is 5.92 Å². The van der Waals surface area contributed by atoms with Crippen LogP contribution in [0.25, 0.3) is 0 Å². The third kappa shape index (κ3) is 5.10. The first-order valence-electron chi connectivity index (χ1n) is 8.50. The van der Waals surface area contributed by atoms with Gasteiger partial charge in [0, 0.05) is 17.0 Å². The molecule has 0 aromatic rings. The van der Waals surface area contributed by atoms with Crippen molar-refractivity contribution in [3.05, 3.63) is 0 Å². The third-order valence-corrected chi connectivity index (χ3v) is 3.07. The number of rotatable bonds is 7. The van der Waals surface area contributed by atoms with Crippen molar-refractivity contribution in [1.82, 2.24) is 15.3 Å². The van der Waals surface area contributed by atoms with Gasteiger partial charge < -0.3 is 10.2 Å². The summed E-state index contributed by atoms with van der Waals surface area (Å²) >= 11 is 0. The summed E-state index contributed by atoms with van der Waals surface area (Å²) in [6.45, 7) is 0.629. The van der Waals surface area contributed by atoms with Crippen LogP contribution in [-0.4, -0.2) is 60.3 Å². The summed E-state index contributed by atoms with van der Waals surface area (Å²) in [5.41, 5.74) is 0. The Kier molecular flexibility index (Phi) is 4.90. The fraction of sp³-hybridized carbons (Fsp3) is 0.714. The minimum Gasteiger partial charge on any atom is -0.344 e. The lowest BCUT2D eigenvalue weighted by Gasteiger charge is -2.24. The lowest BCUT2D eigenvalue weighted by molar-refractivity contribution is -0.196. The molecule has 1 heterocycles. The van der Waals surface area contributed by atoms with Crippen molar-refractivity contribution in [3.8, 4) is 0 Å². The number of carbonyl (C=O) groups is 4. The quantitative estimate of drug-likeness (QED) is 0.511. The van der Waals surface area contributed by atoms with Crippen LogP contribution in [0.15, 0.2) is 0 Å². The maximum Gasteiger partial charge on any atom is 0.352 e. The van der Waals surface area contributed by atoms with Gasteiger partial charge in [-0.3, -0.25) is 19.3 Å². The van der Waals surface area contributed by atoms with Crippen molar-refractivity contribution < 1.29 is 28.1 Å². The van der Waals surface area contributed by atoms with E-state index < -0.39 is 43.3 Å². The number of hydrogen-bond donors (Lipinski definition) is 1. The largest absolute Gasteiger partial charge is 0.352 e. The predicted octanol–water partition coefficient (Wildman–Crippen LogP) is -0.314. The van der Waals surface area contributed by atoms with Gasteiger partial charge in [0.25, 0.3) is 11.8 Å². The summed E-state index contributed by atoms with van der Waals surface area (Å²) in [6.07, 6.45) is 0.218. The molecular formula is C14H23N3O5. The van der Waals surface area contributed by atoms with Crippen molar-refractivity contribution in [3.63, 3.8) is 0 Å². The first-order valence-corrected chi connectivity index (χ1v) is 7.00. The molecule has 0 bridgehead atoms. The Morgan fingerprint density at radius 2 is 1.95 bits per heavy atom. The summed E-state index contributed by atoms with van der Waals surface area (Å²) in [5.74, 6) is -2.83. The van der Waals surface area contributed by atoms with Crippen molar-refractivity contribution in [1.29, 1.82) is 0 Å². The number of imide groups is 1. The Bertz CT molecular complexity index is 534. The van der Waals surface area contributed by atoms with E-state index in [1.54, 1.807) is 0 Å². The molecule has 1 rings (SSSR count). The average Bonchev–Trinajstić information content (AvgIpc) is 2.80. The number of likely N-dealkylation sites (N-methyl/N-ethyl adjacent to an activating group) is 1. The monoisotopic (exact) mass is 317 g/mol. The minimum atomic E-state index is -2.47. The molecule has 1 fully saturated rings. The number of nitrogens with zero attached hydrogens (tertiary/aromatic N) is 2. The molecule has 1 aliphatic heterocycles. The molecule has 1 atom stereocenters. The molecule has 1 aliphatic rings. The number of nitrogens with one attached hydrogen (secondary N) is 1. The molecular weight excluding hydrogens is 291 g/mol. The first kappa shape index (κ1) is 13.7. The van der Waals surface area contributed by atoms with Crippen LogP contribution in [0.1, 0.15) is 37.2 Å². The standard InChI is InChI=1S/C14H23N3O5/c1-9(2)7-10(16(3)4)14(21)15-8-13(20)22-17-11(18)5-6-12(17)19/h9-10H,5-8H2,1-4H3,(H,15,21)/i3+1D3. The Balaban J connectivity index is 2.63. The van der Waals surface area contributed by atoms with Gasteiger partial charge in [0.15, 0.2) is 0 Å². The van der Waals surface area contributed by atoms with Gasteiger partial charge in [-0.2, -0.15) is 0 Å². The van der Waals surface area contributed by atoms with E-state index in [1.807, 2.05) is 13.8 Å². The van der Waals surface area contributed by atoms with E-state index in [4.69, 9.17) is 4.11 Å². The van der Waals surface area contributed by atoms with Crippen molar-refractivity contribution in [2.45, 2.75) is 39.2 Å². The fourth-order valence-electron chi connectivity index (χ4n) is 1.96. The van der Waals surface area contributed by atoms with Crippen LogP contribution in [-0.2, 0) is 24.0 Å². The molecule has 0 aromatic heterocycles. The highest BCUT2D eigenvalue weighted by Gasteiger charge is 2.33. The maximum absolute atomic E-state index is 12.3. The number of carbonyl (C=O) groups excluding carboxylic acids is 4. The maximum atomic E-state index is 12.3. The first-order chi connectivity index (χ1) is 11.4. The van der Waals surface area contributed by atoms with Gasteiger partial charge in [0.05, 0.1) is 6.04 Å². The van der Waals surface area contributed by atoms with Crippen LogP contribution in [0.5, 0.6) is 0 Å². The van der Waals surface area contributed by atoms with E-state index in [-0.39, 0.29) is 25.2 Å². The highest BCUT2D eigenvalue weighted by atomic mass is 16.7. The summed E-state index contributed by atoms with van der Waals surface area (Å²) < 4.78 is 22.3. The Labute approximate surface area is 133 Å². The normalized spacial score (nSPS) is 19.0. The van der Waals surface area contributed by atoms with Crippen LogP contribution in [0.2, 0.25) is 0 Å². The van der Waals surface area contributed by atoms with Gasteiger partial charge in [-0.1, -0.05) is 13.8 Å². The summed E-state index contributed by atoms with van der Waals surface area (Å²) in [7, 11) is 1.31. The van der Waals surface area contributed by atoms with Crippen LogP contribution in [0.4, 0.5) is 0 Å². The van der Waals surface area contributed by atoms with Crippen molar-refractivity contribution >= 4 is 23.7 Å². The SMILES string of the molecule is [2H][13C]([2H])([2H])N(C)C(CC(C)C)C(=O)NCC(=O)ON1C(=O)CCC1=O. The number of hydrogen-bond acceptors (Lipinski definition) is 6. The van der Waals surface area contributed by atoms with Crippen LogP contribution >= 0.6 is 0 Å². The zero-order valence-corrected chi connectivity index (χ0v) is 12.9. The Morgan fingerprint density at radius 1 is 1.36 bits per heavy atom. The lowest BCUT2D eigenvalue weighted by Crippen LogP contribution is -2.46. The molecule has 8 nitrogen and oxygen atoms in total. The highest BCUT2D eigenvalue weighted by Crippen LogP contribution is 2.12. The molecule has 1 unspecified atom stereocenters. The van der Waals surface area contributed by atoms with E-state index in [9.17, 15) is 19.2 Å². The van der Waals surface area contributed by atoms with Crippen LogP contribution in [0, 0.1) is 5.92 Å². The number of hydroxylamine groups is 2. The molecule has 22 heavy (non-hydrogen) atoms. The zero-order chi connectivity index (χ0) is 19.4. The smallest absolute Gasteiger partial charge is 0.344 e. The third-order valence-electron chi connectivity index (χ3n) is 3.07. The Morgan fingerprint density at radius 3 is 2.45 bits per heavy atom. The van der Waals surface area contributed by atoms with Gasteiger partial charge in [0.1, 0.15) is 6.54 Å². The van der Waals surface area contributed by atoms with Crippen molar-refractivity contribution in [2.75, 3.05) is 20.6 Å². The zero-order valence-electron chi connectivity index (χ0n) is 15.9. The van der Waals surface area contributed by atoms with Gasteiger partial charge >= 0.3 is 5.97 Å². The molecule has 3 amide bonds. The predicted molar refractivity (Wildman–Crippen MR) is 77.1 cm³/mol. The second-order valence-electron chi connectivity index (χ2n) is 5.52. The Hall–Kier alpha value is -1.96.